The highest BCUT2D eigenvalue weighted by Gasteiger charge is 2.27. The van der Waals surface area contributed by atoms with Crippen molar-refractivity contribution in [2.45, 2.75) is 45.6 Å². The maximum Gasteiger partial charge on any atom is 0.225 e. The minimum atomic E-state index is 0.149. The molecule has 0 aliphatic carbocycles. The molecule has 0 saturated carbocycles. The van der Waals surface area contributed by atoms with Crippen molar-refractivity contribution in [1.82, 2.24) is 14.9 Å². The molecule has 5 heteroatoms. The number of amides is 1. The highest BCUT2D eigenvalue weighted by molar-refractivity contribution is 5.78. The maximum atomic E-state index is 12.3. The summed E-state index contributed by atoms with van der Waals surface area (Å²) >= 11 is 0. The number of piperidine rings is 1. The molecule has 1 aromatic rings. The van der Waals surface area contributed by atoms with Crippen molar-refractivity contribution in [2.75, 3.05) is 13.1 Å². The highest BCUT2D eigenvalue weighted by atomic mass is 16.5. The molecule has 0 radical (unpaired) electrons. The van der Waals surface area contributed by atoms with Crippen LogP contribution in [0.1, 0.15) is 39.5 Å². The average molecular weight is 277 g/mol. The van der Waals surface area contributed by atoms with Crippen LogP contribution in [0.25, 0.3) is 0 Å². The van der Waals surface area contributed by atoms with E-state index in [9.17, 15) is 4.79 Å². The fraction of sp³-hybridized carbons (Fsp3) is 0.667. The minimum absolute atomic E-state index is 0.149. The van der Waals surface area contributed by atoms with E-state index in [1.165, 1.54) is 6.33 Å². The Kier molecular flexibility index (Phi) is 5.32. The minimum Gasteiger partial charge on any atom is -0.474 e. The SMILES string of the molecule is CCC(CC)C(=O)N1CCC(Oc2ccncn2)CC1. The normalized spacial score (nSPS) is 16.4. The summed E-state index contributed by atoms with van der Waals surface area (Å²) in [5, 5.41) is 0. The monoisotopic (exact) mass is 277 g/mol. The number of nitrogens with zero attached hydrogens (tertiary/aromatic N) is 3. The van der Waals surface area contributed by atoms with Crippen LogP contribution in [0, 0.1) is 5.92 Å². The lowest BCUT2D eigenvalue weighted by atomic mass is 9.99. The van der Waals surface area contributed by atoms with Gasteiger partial charge in [-0.3, -0.25) is 4.79 Å². The molecule has 110 valence electrons. The van der Waals surface area contributed by atoms with Crippen LogP contribution in [0.2, 0.25) is 0 Å². The zero-order valence-electron chi connectivity index (χ0n) is 12.3. The van der Waals surface area contributed by atoms with E-state index < -0.39 is 0 Å². The molecule has 5 nitrogen and oxygen atoms in total. The molecule has 20 heavy (non-hydrogen) atoms. The van der Waals surface area contributed by atoms with Crippen molar-refractivity contribution in [3.8, 4) is 5.88 Å². The van der Waals surface area contributed by atoms with Crippen LogP contribution in [0.15, 0.2) is 18.6 Å². The van der Waals surface area contributed by atoms with E-state index in [0.717, 1.165) is 38.8 Å². The summed E-state index contributed by atoms with van der Waals surface area (Å²) in [6.07, 6.45) is 6.90. The van der Waals surface area contributed by atoms with E-state index >= 15 is 0 Å². The van der Waals surface area contributed by atoms with E-state index in [4.69, 9.17) is 4.74 Å². The number of likely N-dealkylation sites (tertiary alicyclic amines) is 1. The molecule has 0 unspecified atom stereocenters. The lowest BCUT2D eigenvalue weighted by Gasteiger charge is -2.33. The Labute approximate surface area is 120 Å². The molecule has 1 aliphatic rings. The lowest BCUT2D eigenvalue weighted by Crippen LogP contribution is -2.44. The zero-order chi connectivity index (χ0) is 14.4. The van der Waals surface area contributed by atoms with Gasteiger partial charge in [0.15, 0.2) is 0 Å². The molecule has 2 rings (SSSR count). The molecule has 0 aromatic carbocycles. The number of ether oxygens (including phenoxy) is 1. The number of carbonyl (C=O) groups excluding carboxylic acids is 1. The third kappa shape index (κ3) is 3.68. The molecule has 0 spiro atoms. The van der Waals surface area contributed by atoms with Crippen molar-refractivity contribution < 1.29 is 9.53 Å². The van der Waals surface area contributed by atoms with Crippen LogP contribution in [0.4, 0.5) is 0 Å². The van der Waals surface area contributed by atoms with Gasteiger partial charge in [0.05, 0.1) is 0 Å². The van der Waals surface area contributed by atoms with Crippen LogP contribution in [-0.2, 0) is 4.79 Å². The van der Waals surface area contributed by atoms with E-state index in [1.54, 1.807) is 12.3 Å². The van der Waals surface area contributed by atoms with Crippen LogP contribution in [-0.4, -0.2) is 40.0 Å². The third-order valence-electron chi connectivity index (χ3n) is 3.93. The highest BCUT2D eigenvalue weighted by Crippen LogP contribution is 2.20. The summed E-state index contributed by atoms with van der Waals surface area (Å²) < 4.78 is 5.81. The maximum absolute atomic E-state index is 12.3. The molecule has 1 fully saturated rings. The fourth-order valence-electron chi connectivity index (χ4n) is 2.61. The molecular formula is C15H23N3O2. The molecule has 0 atom stereocenters. The summed E-state index contributed by atoms with van der Waals surface area (Å²) in [6, 6.07) is 1.77. The molecule has 0 bridgehead atoms. The second-order valence-corrected chi connectivity index (χ2v) is 5.20. The molecule has 1 amide bonds. The van der Waals surface area contributed by atoms with Crippen molar-refractivity contribution >= 4 is 5.91 Å². The molecule has 1 saturated heterocycles. The van der Waals surface area contributed by atoms with Gasteiger partial charge in [0.2, 0.25) is 11.8 Å². The Morgan fingerprint density at radius 2 is 2.10 bits per heavy atom. The van der Waals surface area contributed by atoms with Gasteiger partial charge in [-0.05, 0) is 12.8 Å². The smallest absolute Gasteiger partial charge is 0.225 e. The summed E-state index contributed by atoms with van der Waals surface area (Å²) in [5.74, 6) is 1.09. The van der Waals surface area contributed by atoms with Crippen LogP contribution < -0.4 is 4.74 Å². The topological polar surface area (TPSA) is 55.3 Å². The first kappa shape index (κ1) is 14.8. The van der Waals surface area contributed by atoms with E-state index in [1.807, 2.05) is 4.90 Å². The molecule has 2 heterocycles. The number of aromatic nitrogens is 2. The first-order chi connectivity index (χ1) is 9.74. The Morgan fingerprint density at radius 3 is 2.65 bits per heavy atom. The van der Waals surface area contributed by atoms with Gasteiger partial charge in [0.1, 0.15) is 12.4 Å². The van der Waals surface area contributed by atoms with Crippen molar-refractivity contribution in [3.63, 3.8) is 0 Å². The average Bonchev–Trinajstić information content (AvgIpc) is 2.50. The standard InChI is InChI=1S/C15H23N3O2/c1-3-12(4-2)15(19)18-9-6-13(7-10-18)20-14-5-8-16-11-17-14/h5,8,11-13H,3-4,6-7,9-10H2,1-2H3. The van der Waals surface area contributed by atoms with Gasteiger partial charge < -0.3 is 9.64 Å². The van der Waals surface area contributed by atoms with Gasteiger partial charge in [0, 0.05) is 44.1 Å². The van der Waals surface area contributed by atoms with Gasteiger partial charge in [-0.25, -0.2) is 9.97 Å². The number of rotatable bonds is 5. The second-order valence-electron chi connectivity index (χ2n) is 5.20. The van der Waals surface area contributed by atoms with E-state index in [-0.39, 0.29) is 12.0 Å². The van der Waals surface area contributed by atoms with Crippen LogP contribution >= 0.6 is 0 Å². The zero-order valence-corrected chi connectivity index (χ0v) is 12.3. The van der Waals surface area contributed by atoms with E-state index in [0.29, 0.717) is 11.8 Å². The molecule has 1 aliphatic heterocycles. The largest absolute Gasteiger partial charge is 0.474 e. The first-order valence-electron chi connectivity index (χ1n) is 7.46. The van der Waals surface area contributed by atoms with E-state index in [2.05, 4.69) is 23.8 Å². The molecule has 0 N–H and O–H groups in total. The van der Waals surface area contributed by atoms with Gasteiger partial charge in [-0.2, -0.15) is 0 Å². The Bertz CT molecular complexity index is 412. The van der Waals surface area contributed by atoms with Crippen LogP contribution in [0.5, 0.6) is 5.88 Å². The van der Waals surface area contributed by atoms with Gasteiger partial charge in [-0.1, -0.05) is 13.8 Å². The predicted molar refractivity (Wildman–Crippen MR) is 76.3 cm³/mol. The Hall–Kier alpha value is -1.65. The molecule has 1 aromatic heterocycles. The second kappa shape index (κ2) is 7.22. The number of hydrogen-bond donors (Lipinski definition) is 0. The van der Waals surface area contributed by atoms with Crippen molar-refractivity contribution in [2.24, 2.45) is 5.92 Å². The summed E-state index contributed by atoms with van der Waals surface area (Å²) in [4.78, 5) is 22.2. The number of carbonyl (C=O) groups is 1. The number of hydrogen-bond acceptors (Lipinski definition) is 4. The summed E-state index contributed by atoms with van der Waals surface area (Å²) in [7, 11) is 0. The Balaban J connectivity index is 1.82. The summed E-state index contributed by atoms with van der Waals surface area (Å²) in [5.41, 5.74) is 0. The summed E-state index contributed by atoms with van der Waals surface area (Å²) in [6.45, 7) is 5.73. The predicted octanol–water partition coefficient (Wildman–Crippen LogP) is 2.28. The molecular weight excluding hydrogens is 254 g/mol. The van der Waals surface area contributed by atoms with Gasteiger partial charge >= 0.3 is 0 Å². The fourth-order valence-corrected chi connectivity index (χ4v) is 2.61. The van der Waals surface area contributed by atoms with Gasteiger partial charge in [0.25, 0.3) is 0 Å². The Morgan fingerprint density at radius 1 is 1.40 bits per heavy atom. The first-order valence-corrected chi connectivity index (χ1v) is 7.46. The quantitative estimate of drug-likeness (QED) is 0.828. The van der Waals surface area contributed by atoms with Gasteiger partial charge in [-0.15, -0.1) is 0 Å². The lowest BCUT2D eigenvalue weighted by molar-refractivity contribution is -0.137. The third-order valence-corrected chi connectivity index (χ3v) is 3.93. The van der Waals surface area contributed by atoms with Crippen molar-refractivity contribution in [1.29, 1.82) is 0 Å². The van der Waals surface area contributed by atoms with Crippen molar-refractivity contribution in [3.05, 3.63) is 18.6 Å². The van der Waals surface area contributed by atoms with Crippen LogP contribution in [0.3, 0.4) is 0 Å².